The summed E-state index contributed by atoms with van der Waals surface area (Å²) in [5, 5.41) is 8.90. The topological polar surface area (TPSA) is 54.0 Å². The number of thiazole rings is 1. The molecule has 1 fully saturated rings. The van der Waals surface area contributed by atoms with Crippen molar-refractivity contribution in [2.75, 3.05) is 12.4 Å². The number of amides is 1. The van der Waals surface area contributed by atoms with Crippen LogP contribution in [0.4, 0.5) is 5.13 Å². The lowest BCUT2D eigenvalue weighted by atomic mass is 10.1. The summed E-state index contributed by atoms with van der Waals surface area (Å²) >= 11 is 1.57. The monoisotopic (exact) mass is 273 g/mol. The quantitative estimate of drug-likeness (QED) is 0.900. The van der Waals surface area contributed by atoms with E-state index in [1.807, 2.05) is 36.7 Å². The first-order valence-electron chi connectivity index (χ1n) is 6.31. The van der Waals surface area contributed by atoms with Crippen LogP contribution in [0.25, 0.3) is 11.3 Å². The molecule has 1 saturated carbocycles. The summed E-state index contributed by atoms with van der Waals surface area (Å²) < 4.78 is 0. The fourth-order valence-corrected chi connectivity index (χ4v) is 2.49. The van der Waals surface area contributed by atoms with Crippen LogP contribution in [-0.2, 0) is 0 Å². The van der Waals surface area contributed by atoms with E-state index in [-0.39, 0.29) is 5.91 Å². The Kier molecular flexibility index (Phi) is 3.21. The Bertz CT molecular complexity index is 587. The van der Waals surface area contributed by atoms with Gasteiger partial charge in [-0.2, -0.15) is 0 Å². The van der Waals surface area contributed by atoms with Crippen LogP contribution < -0.4 is 10.6 Å². The lowest BCUT2D eigenvalue weighted by Gasteiger charge is -2.03. The molecule has 0 bridgehead atoms. The third kappa shape index (κ3) is 2.76. The molecule has 0 aliphatic heterocycles. The van der Waals surface area contributed by atoms with Gasteiger partial charge >= 0.3 is 0 Å². The van der Waals surface area contributed by atoms with E-state index in [1.54, 1.807) is 11.3 Å². The van der Waals surface area contributed by atoms with Crippen LogP contribution in [-0.4, -0.2) is 24.0 Å². The molecule has 1 aliphatic rings. The highest BCUT2D eigenvalue weighted by molar-refractivity contribution is 7.14. The molecule has 3 rings (SSSR count). The standard InChI is InChI=1S/C14H15N3OS/c1-15-14-17-12(8-19-14)9-2-4-10(5-3-9)13(18)16-11-6-7-11/h2-5,8,11H,6-7H2,1H3,(H,15,17)(H,16,18). The minimum absolute atomic E-state index is 0.0169. The van der Waals surface area contributed by atoms with Crippen LogP contribution in [0.3, 0.4) is 0 Å². The van der Waals surface area contributed by atoms with Gasteiger partial charge in [0.2, 0.25) is 0 Å². The van der Waals surface area contributed by atoms with Gasteiger partial charge in [-0.25, -0.2) is 4.98 Å². The Hall–Kier alpha value is -1.88. The molecule has 0 spiro atoms. The van der Waals surface area contributed by atoms with Gasteiger partial charge in [-0.3, -0.25) is 4.79 Å². The molecule has 0 atom stereocenters. The summed E-state index contributed by atoms with van der Waals surface area (Å²) in [5.41, 5.74) is 2.67. The average molecular weight is 273 g/mol. The lowest BCUT2D eigenvalue weighted by Crippen LogP contribution is -2.25. The molecule has 5 heteroatoms. The molecule has 2 aromatic rings. The molecule has 1 aliphatic carbocycles. The summed E-state index contributed by atoms with van der Waals surface area (Å²) in [7, 11) is 1.86. The zero-order chi connectivity index (χ0) is 13.2. The largest absolute Gasteiger partial charge is 0.365 e. The number of rotatable bonds is 4. The number of hydrogen-bond donors (Lipinski definition) is 2. The van der Waals surface area contributed by atoms with E-state index in [0.717, 1.165) is 29.2 Å². The molecule has 0 unspecified atom stereocenters. The van der Waals surface area contributed by atoms with E-state index in [4.69, 9.17) is 0 Å². The summed E-state index contributed by atoms with van der Waals surface area (Å²) in [6, 6.07) is 7.98. The van der Waals surface area contributed by atoms with Crippen molar-refractivity contribution in [1.82, 2.24) is 10.3 Å². The minimum atomic E-state index is 0.0169. The molecule has 1 heterocycles. The van der Waals surface area contributed by atoms with E-state index in [0.29, 0.717) is 11.6 Å². The first-order valence-corrected chi connectivity index (χ1v) is 7.19. The highest BCUT2D eigenvalue weighted by atomic mass is 32.1. The smallest absolute Gasteiger partial charge is 0.251 e. The van der Waals surface area contributed by atoms with Crippen molar-refractivity contribution in [3.63, 3.8) is 0 Å². The maximum atomic E-state index is 11.9. The molecular weight excluding hydrogens is 258 g/mol. The second-order valence-corrected chi connectivity index (χ2v) is 5.47. The Morgan fingerprint density at radius 3 is 2.63 bits per heavy atom. The third-order valence-electron chi connectivity index (χ3n) is 3.07. The predicted molar refractivity (Wildman–Crippen MR) is 77.6 cm³/mol. The number of benzene rings is 1. The second-order valence-electron chi connectivity index (χ2n) is 4.61. The number of anilines is 1. The van der Waals surface area contributed by atoms with Crippen molar-refractivity contribution < 1.29 is 4.79 Å². The van der Waals surface area contributed by atoms with Crippen molar-refractivity contribution in [3.05, 3.63) is 35.2 Å². The van der Waals surface area contributed by atoms with Crippen LogP contribution in [0.15, 0.2) is 29.6 Å². The highest BCUT2D eigenvalue weighted by Gasteiger charge is 2.23. The molecule has 1 aromatic heterocycles. The maximum Gasteiger partial charge on any atom is 0.251 e. The molecule has 2 N–H and O–H groups in total. The van der Waals surface area contributed by atoms with Gasteiger partial charge < -0.3 is 10.6 Å². The SMILES string of the molecule is CNc1nc(-c2ccc(C(=O)NC3CC3)cc2)cs1. The predicted octanol–water partition coefficient (Wildman–Crippen LogP) is 2.74. The average Bonchev–Trinajstić information content (AvgIpc) is 3.12. The highest BCUT2D eigenvalue weighted by Crippen LogP contribution is 2.25. The number of carbonyl (C=O) groups excluding carboxylic acids is 1. The maximum absolute atomic E-state index is 11.9. The number of nitrogens with zero attached hydrogens (tertiary/aromatic N) is 1. The van der Waals surface area contributed by atoms with Crippen LogP contribution in [0.5, 0.6) is 0 Å². The molecule has 4 nitrogen and oxygen atoms in total. The van der Waals surface area contributed by atoms with E-state index >= 15 is 0 Å². The van der Waals surface area contributed by atoms with E-state index < -0.39 is 0 Å². The van der Waals surface area contributed by atoms with Crippen LogP contribution in [0, 0.1) is 0 Å². The number of nitrogens with one attached hydrogen (secondary N) is 2. The van der Waals surface area contributed by atoms with Crippen LogP contribution in [0.1, 0.15) is 23.2 Å². The van der Waals surface area contributed by atoms with Gasteiger partial charge in [0.05, 0.1) is 5.69 Å². The summed E-state index contributed by atoms with van der Waals surface area (Å²) in [4.78, 5) is 16.3. The molecule has 0 radical (unpaired) electrons. The van der Waals surface area contributed by atoms with Crippen molar-refractivity contribution in [2.24, 2.45) is 0 Å². The molecule has 1 aromatic carbocycles. The molecular formula is C14H15N3OS. The molecule has 98 valence electrons. The van der Waals surface area contributed by atoms with Crippen molar-refractivity contribution >= 4 is 22.4 Å². The van der Waals surface area contributed by atoms with Crippen molar-refractivity contribution in [3.8, 4) is 11.3 Å². The Labute approximate surface area is 115 Å². The van der Waals surface area contributed by atoms with Gasteiger partial charge in [0, 0.05) is 29.6 Å². The number of hydrogen-bond acceptors (Lipinski definition) is 4. The third-order valence-corrected chi connectivity index (χ3v) is 3.93. The summed E-state index contributed by atoms with van der Waals surface area (Å²) in [5.74, 6) is 0.0169. The van der Waals surface area contributed by atoms with E-state index in [9.17, 15) is 4.79 Å². The van der Waals surface area contributed by atoms with Crippen molar-refractivity contribution in [1.29, 1.82) is 0 Å². The van der Waals surface area contributed by atoms with Gasteiger partial charge in [0.1, 0.15) is 0 Å². The number of carbonyl (C=O) groups is 1. The first kappa shape index (κ1) is 12.2. The fourth-order valence-electron chi connectivity index (χ4n) is 1.81. The lowest BCUT2D eigenvalue weighted by molar-refractivity contribution is 0.0951. The van der Waals surface area contributed by atoms with Gasteiger partial charge in [-0.15, -0.1) is 11.3 Å². The minimum Gasteiger partial charge on any atom is -0.365 e. The normalized spacial score (nSPS) is 14.2. The second kappa shape index (κ2) is 5.01. The van der Waals surface area contributed by atoms with E-state index in [1.165, 1.54) is 0 Å². The van der Waals surface area contributed by atoms with Crippen molar-refractivity contribution in [2.45, 2.75) is 18.9 Å². The first-order chi connectivity index (χ1) is 9.26. The Balaban J connectivity index is 1.75. The summed E-state index contributed by atoms with van der Waals surface area (Å²) in [6.07, 6.45) is 2.21. The van der Waals surface area contributed by atoms with Gasteiger partial charge in [-0.1, -0.05) is 12.1 Å². The van der Waals surface area contributed by atoms with Crippen LogP contribution >= 0.6 is 11.3 Å². The zero-order valence-electron chi connectivity index (χ0n) is 10.6. The zero-order valence-corrected chi connectivity index (χ0v) is 11.5. The Morgan fingerprint density at radius 2 is 2.05 bits per heavy atom. The molecule has 1 amide bonds. The van der Waals surface area contributed by atoms with E-state index in [2.05, 4.69) is 15.6 Å². The molecule has 0 saturated heterocycles. The van der Waals surface area contributed by atoms with Crippen LogP contribution in [0.2, 0.25) is 0 Å². The van der Waals surface area contributed by atoms with Gasteiger partial charge in [0.25, 0.3) is 5.91 Å². The van der Waals surface area contributed by atoms with Gasteiger partial charge in [0.15, 0.2) is 5.13 Å². The fraction of sp³-hybridized carbons (Fsp3) is 0.286. The molecule has 19 heavy (non-hydrogen) atoms. The summed E-state index contributed by atoms with van der Waals surface area (Å²) in [6.45, 7) is 0. The number of aromatic nitrogens is 1. The Morgan fingerprint density at radius 1 is 1.32 bits per heavy atom. The van der Waals surface area contributed by atoms with Gasteiger partial charge in [-0.05, 0) is 25.0 Å².